The van der Waals surface area contributed by atoms with Crippen molar-refractivity contribution in [3.05, 3.63) is 60.2 Å². The van der Waals surface area contributed by atoms with Crippen molar-refractivity contribution in [3.8, 4) is 5.75 Å². The van der Waals surface area contributed by atoms with Crippen LogP contribution in [0.25, 0.3) is 0 Å². The summed E-state index contributed by atoms with van der Waals surface area (Å²) < 4.78 is 5.61. The minimum atomic E-state index is -0.0304. The molecule has 2 aromatic carbocycles. The third-order valence-corrected chi connectivity index (χ3v) is 3.41. The topological polar surface area (TPSA) is 50.4 Å². The SMILES string of the molecule is CCCCOc1ccc(NCC(=O)NCc2ccccc2)cc1. The van der Waals surface area contributed by atoms with Crippen LogP contribution in [-0.4, -0.2) is 19.1 Å². The summed E-state index contributed by atoms with van der Waals surface area (Å²) >= 11 is 0. The molecule has 4 heteroatoms. The predicted octanol–water partition coefficient (Wildman–Crippen LogP) is 3.59. The molecule has 0 spiro atoms. The Bertz CT molecular complexity index is 582. The Morgan fingerprint density at radius 3 is 2.48 bits per heavy atom. The summed E-state index contributed by atoms with van der Waals surface area (Å²) in [6.45, 7) is 3.68. The van der Waals surface area contributed by atoms with Gasteiger partial charge in [-0.1, -0.05) is 43.7 Å². The lowest BCUT2D eigenvalue weighted by atomic mass is 10.2. The van der Waals surface area contributed by atoms with Crippen molar-refractivity contribution in [2.75, 3.05) is 18.5 Å². The molecule has 0 unspecified atom stereocenters. The molecule has 0 aliphatic heterocycles. The number of anilines is 1. The first kappa shape index (κ1) is 16.9. The van der Waals surface area contributed by atoms with E-state index in [4.69, 9.17) is 4.74 Å². The maximum Gasteiger partial charge on any atom is 0.239 e. The molecule has 0 saturated carbocycles. The lowest BCUT2D eigenvalue weighted by molar-refractivity contribution is -0.119. The molecule has 0 aliphatic carbocycles. The van der Waals surface area contributed by atoms with Crippen LogP contribution in [0.5, 0.6) is 5.75 Å². The van der Waals surface area contributed by atoms with Crippen LogP contribution >= 0.6 is 0 Å². The summed E-state index contributed by atoms with van der Waals surface area (Å²) in [6.07, 6.45) is 2.18. The Morgan fingerprint density at radius 2 is 1.78 bits per heavy atom. The number of amides is 1. The van der Waals surface area contributed by atoms with E-state index in [0.717, 1.165) is 36.4 Å². The van der Waals surface area contributed by atoms with Gasteiger partial charge in [-0.2, -0.15) is 0 Å². The number of hydrogen-bond donors (Lipinski definition) is 2. The molecule has 0 saturated heterocycles. The molecule has 2 aromatic rings. The van der Waals surface area contributed by atoms with Crippen LogP contribution in [-0.2, 0) is 11.3 Å². The number of carbonyl (C=O) groups excluding carboxylic acids is 1. The highest BCUT2D eigenvalue weighted by Crippen LogP contribution is 2.15. The van der Waals surface area contributed by atoms with Gasteiger partial charge >= 0.3 is 0 Å². The van der Waals surface area contributed by atoms with E-state index in [1.54, 1.807) is 0 Å². The Balaban J connectivity index is 1.69. The van der Waals surface area contributed by atoms with Gasteiger partial charge in [0.05, 0.1) is 13.2 Å². The van der Waals surface area contributed by atoms with E-state index in [-0.39, 0.29) is 12.5 Å². The van der Waals surface area contributed by atoms with E-state index in [1.807, 2.05) is 54.6 Å². The number of ether oxygens (including phenoxy) is 1. The van der Waals surface area contributed by atoms with Crippen molar-refractivity contribution < 1.29 is 9.53 Å². The van der Waals surface area contributed by atoms with E-state index in [0.29, 0.717) is 6.54 Å². The summed E-state index contributed by atoms with van der Waals surface area (Å²) in [7, 11) is 0. The van der Waals surface area contributed by atoms with Gasteiger partial charge in [-0.3, -0.25) is 4.79 Å². The summed E-state index contributed by atoms with van der Waals surface area (Å²) in [4.78, 5) is 11.8. The largest absolute Gasteiger partial charge is 0.494 e. The maximum absolute atomic E-state index is 11.8. The first-order valence-electron chi connectivity index (χ1n) is 8.05. The van der Waals surface area contributed by atoms with Crippen LogP contribution < -0.4 is 15.4 Å². The smallest absolute Gasteiger partial charge is 0.239 e. The van der Waals surface area contributed by atoms with Crippen molar-refractivity contribution in [1.29, 1.82) is 0 Å². The highest BCUT2D eigenvalue weighted by molar-refractivity contribution is 5.80. The molecule has 1 amide bonds. The second kappa shape index (κ2) is 9.51. The Morgan fingerprint density at radius 1 is 1.04 bits per heavy atom. The van der Waals surface area contributed by atoms with Gasteiger partial charge in [0.2, 0.25) is 5.91 Å². The van der Waals surface area contributed by atoms with Crippen molar-refractivity contribution in [3.63, 3.8) is 0 Å². The third kappa shape index (κ3) is 6.43. The molecule has 23 heavy (non-hydrogen) atoms. The first-order valence-corrected chi connectivity index (χ1v) is 8.05. The highest BCUT2D eigenvalue weighted by atomic mass is 16.5. The number of unbranched alkanes of at least 4 members (excludes halogenated alkanes) is 1. The molecule has 0 fully saturated rings. The fourth-order valence-corrected chi connectivity index (χ4v) is 2.04. The first-order chi connectivity index (χ1) is 11.3. The predicted molar refractivity (Wildman–Crippen MR) is 93.6 cm³/mol. The van der Waals surface area contributed by atoms with Crippen molar-refractivity contribution in [1.82, 2.24) is 5.32 Å². The van der Waals surface area contributed by atoms with Crippen molar-refractivity contribution in [2.24, 2.45) is 0 Å². The lowest BCUT2D eigenvalue weighted by Crippen LogP contribution is -2.29. The number of nitrogens with one attached hydrogen (secondary N) is 2. The summed E-state index contributed by atoms with van der Waals surface area (Å²) in [5.41, 5.74) is 2.00. The van der Waals surface area contributed by atoms with Gasteiger partial charge in [-0.05, 0) is 36.2 Å². The third-order valence-electron chi connectivity index (χ3n) is 3.41. The standard InChI is InChI=1S/C19H24N2O2/c1-2-3-13-23-18-11-9-17(10-12-18)20-15-19(22)21-14-16-7-5-4-6-8-16/h4-12,20H,2-3,13-15H2,1H3,(H,21,22). The molecule has 122 valence electrons. The van der Waals surface area contributed by atoms with Gasteiger partial charge in [-0.25, -0.2) is 0 Å². The quantitative estimate of drug-likeness (QED) is 0.696. The van der Waals surface area contributed by atoms with Crippen LogP contribution in [0, 0.1) is 0 Å². The van der Waals surface area contributed by atoms with Crippen LogP contribution in [0.2, 0.25) is 0 Å². The van der Waals surface area contributed by atoms with Crippen LogP contribution in [0.15, 0.2) is 54.6 Å². The van der Waals surface area contributed by atoms with Gasteiger partial charge in [0, 0.05) is 12.2 Å². The summed E-state index contributed by atoms with van der Waals surface area (Å²) in [6, 6.07) is 17.5. The molecule has 0 aromatic heterocycles. The normalized spacial score (nSPS) is 10.1. The zero-order chi connectivity index (χ0) is 16.3. The van der Waals surface area contributed by atoms with Crippen LogP contribution in [0.4, 0.5) is 5.69 Å². The fourth-order valence-electron chi connectivity index (χ4n) is 2.04. The van der Waals surface area contributed by atoms with Gasteiger partial charge in [-0.15, -0.1) is 0 Å². The van der Waals surface area contributed by atoms with Gasteiger partial charge < -0.3 is 15.4 Å². The zero-order valence-electron chi connectivity index (χ0n) is 13.5. The Kier molecular flexibility index (Phi) is 6.98. The van der Waals surface area contributed by atoms with Crippen LogP contribution in [0.3, 0.4) is 0 Å². The molecule has 2 N–H and O–H groups in total. The molecule has 0 bridgehead atoms. The number of rotatable bonds is 9. The van der Waals surface area contributed by atoms with Crippen molar-refractivity contribution in [2.45, 2.75) is 26.3 Å². The number of benzene rings is 2. The highest BCUT2D eigenvalue weighted by Gasteiger charge is 2.01. The monoisotopic (exact) mass is 312 g/mol. The second-order valence-corrected chi connectivity index (χ2v) is 5.34. The molecule has 2 rings (SSSR count). The van der Waals surface area contributed by atoms with Crippen LogP contribution in [0.1, 0.15) is 25.3 Å². The molecule has 0 aliphatic rings. The minimum Gasteiger partial charge on any atom is -0.494 e. The Labute approximate surface area is 137 Å². The van der Waals surface area contributed by atoms with E-state index in [9.17, 15) is 4.79 Å². The maximum atomic E-state index is 11.8. The van der Waals surface area contributed by atoms with Gasteiger partial charge in [0.1, 0.15) is 5.75 Å². The molecular weight excluding hydrogens is 288 g/mol. The van der Waals surface area contributed by atoms with E-state index < -0.39 is 0 Å². The number of hydrogen-bond acceptors (Lipinski definition) is 3. The van der Waals surface area contributed by atoms with Gasteiger partial charge in [0.15, 0.2) is 0 Å². The summed E-state index contributed by atoms with van der Waals surface area (Å²) in [5, 5.41) is 6.00. The average Bonchev–Trinajstić information content (AvgIpc) is 2.60. The molecule has 4 nitrogen and oxygen atoms in total. The summed E-state index contributed by atoms with van der Waals surface area (Å²) in [5.74, 6) is 0.828. The Hall–Kier alpha value is -2.49. The van der Waals surface area contributed by atoms with E-state index >= 15 is 0 Å². The lowest BCUT2D eigenvalue weighted by Gasteiger charge is -2.09. The molecule has 0 radical (unpaired) electrons. The number of carbonyl (C=O) groups is 1. The molecule has 0 atom stereocenters. The minimum absolute atomic E-state index is 0.0304. The molecule has 0 heterocycles. The second-order valence-electron chi connectivity index (χ2n) is 5.34. The zero-order valence-corrected chi connectivity index (χ0v) is 13.5. The van der Waals surface area contributed by atoms with Gasteiger partial charge in [0.25, 0.3) is 0 Å². The molecular formula is C19H24N2O2. The average molecular weight is 312 g/mol. The van der Waals surface area contributed by atoms with Crippen molar-refractivity contribution >= 4 is 11.6 Å². The van der Waals surface area contributed by atoms with E-state index in [1.165, 1.54) is 0 Å². The van der Waals surface area contributed by atoms with E-state index in [2.05, 4.69) is 17.6 Å². The fraction of sp³-hybridized carbons (Fsp3) is 0.316.